The van der Waals surface area contributed by atoms with E-state index in [1.807, 2.05) is 24.4 Å². The Kier molecular flexibility index (Phi) is 6.13. The van der Waals surface area contributed by atoms with Crippen LogP contribution in [0, 0.1) is 0 Å². The molecule has 1 aliphatic heterocycles. The highest BCUT2D eigenvalue weighted by molar-refractivity contribution is 7.11. The zero-order chi connectivity index (χ0) is 22.7. The van der Waals surface area contributed by atoms with Crippen LogP contribution in [0.1, 0.15) is 11.8 Å². The van der Waals surface area contributed by atoms with E-state index < -0.39 is 11.8 Å². The van der Waals surface area contributed by atoms with Gasteiger partial charge < -0.3 is 19.5 Å². The van der Waals surface area contributed by atoms with Gasteiger partial charge in [0, 0.05) is 22.7 Å². The minimum atomic E-state index is -0.443. The summed E-state index contributed by atoms with van der Waals surface area (Å²) < 4.78 is 16.2. The number of nitrogens with one attached hydrogen (secondary N) is 1. The molecule has 0 saturated heterocycles. The first-order valence-electron chi connectivity index (χ1n) is 9.96. The molecule has 0 fully saturated rings. The number of benzene rings is 2. The maximum atomic E-state index is 13.5. The van der Waals surface area contributed by atoms with Crippen LogP contribution < -0.4 is 24.4 Å². The Balaban J connectivity index is 1.75. The molecule has 2 heterocycles. The molecule has 164 valence electrons. The van der Waals surface area contributed by atoms with E-state index in [2.05, 4.69) is 5.32 Å². The third kappa shape index (κ3) is 3.92. The van der Waals surface area contributed by atoms with Crippen molar-refractivity contribution in [3.63, 3.8) is 0 Å². The fraction of sp³-hybridized carbons (Fsp3) is 0.167. The van der Waals surface area contributed by atoms with Gasteiger partial charge >= 0.3 is 0 Å². The largest absolute Gasteiger partial charge is 0.494 e. The van der Waals surface area contributed by atoms with Gasteiger partial charge in [0.15, 0.2) is 11.5 Å². The van der Waals surface area contributed by atoms with E-state index in [1.54, 1.807) is 49.6 Å². The standard InChI is InChI=1S/C24H22N2O5S/c1-4-31-17-8-5-7-16(14-17)26-23(27)21(20-9-6-12-32-20)22(24(26)28)25-15-10-11-18(29-2)19(13-15)30-3/h5-14,25H,4H2,1-3H3. The highest BCUT2D eigenvalue weighted by Gasteiger charge is 2.40. The molecule has 0 radical (unpaired) electrons. The lowest BCUT2D eigenvalue weighted by molar-refractivity contribution is -0.120. The SMILES string of the molecule is CCOc1cccc(N2C(=O)C(Nc3ccc(OC)c(OC)c3)=C(c3cccs3)C2=O)c1. The Bertz CT molecular complexity index is 1190. The molecule has 0 saturated carbocycles. The number of methoxy groups -OCH3 is 2. The first-order chi connectivity index (χ1) is 15.6. The molecule has 32 heavy (non-hydrogen) atoms. The molecule has 7 nitrogen and oxygen atoms in total. The van der Waals surface area contributed by atoms with Crippen molar-refractivity contribution in [2.75, 3.05) is 31.0 Å². The highest BCUT2D eigenvalue weighted by Crippen LogP contribution is 2.37. The molecule has 0 spiro atoms. The Morgan fingerprint density at radius 2 is 1.75 bits per heavy atom. The minimum Gasteiger partial charge on any atom is -0.494 e. The van der Waals surface area contributed by atoms with Crippen molar-refractivity contribution in [1.29, 1.82) is 0 Å². The molecule has 4 rings (SSSR count). The second kappa shape index (κ2) is 9.15. The van der Waals surface area contributed by atoms with Crippen LogP contribution in [0.3, 0.4) is 0 Å². The predicted molar refractivity (Wildman–Crippen MR) is 125 cm³/mol. The van der Waals surface area contributed by atoms with Gasteiger partial charge in [0.25, 0.3) is 11.8 Å². The first-order valence-corrected chi connectivity index (χ1v) is 10.8. The molecule has 1 N–H and O–H groups in total. The number of carbonyl (C=O) groups is 2. The van der Waals surface area contributed by atoms with E-state index in [0.717, 1.165) is 0 Å². The van der Waals surface area contributed by atoms with E-state index in [0.29, 0.717) is 45.7 Å². The topological polar surface area (TPSA) is 77.1 Å². The lowest BCUT2D eigenvalue weighted by Crippen LogP contribution is -2.32. The molecule has 2 amide bonds. The lowest BCUT2D eigenvalue weighted by Gasteiger charge is -2.16. The van der Waals surface area contributed by atoms with Crippen LogP contribution in [0.5, 0.6) is 17.2 Å². The Morgan fingerprint density at radius 1 is 0.938 bits per heavy atom. The molecule has 0 atom stereocenters. The zero-order valence-electron chi connectivity index (χ0n) is 17.9. The van der Waals surface area contributed by atoms with E-state index in [4.69, 9.17) is 14.2 Å². The first kappa shape index (κ1) is 21.5. The van der Waals surface area contributed by atoms with Gasteiger partial charge in [-0.3, -0.25) is 9.59 Å². The van der Waals surface area contributed by atoms with Crippen molar-refractivity contribution in [3.8, 4) is 17.2 Å². The summed E-state index contributed by atoms with van der Waals surface area (Å²) in [7, 11) is 3.09. The second-order valence-corrected chi connectivity index (χ2v) is 7.75. The number of hydrogen-bond donors (Lipinski definition) is 1. The average molecular weight is 451 g/mol. The molecule has 1 aliphatic rings. The molecule has 1 aromatic heterocycles. The monoisotopic (exact) mass is 450 g/mol. The van der Waals surface area contributed by atoms with Crippen LogP contribution >= 0.6 is 11.3 Å². The number of anilines is 2. The van der Waals surface area contributed by atoms with Crippen LogP contribution in [0.15, 0.2) is 65.7 Å². The average Bonchev–Trinajstić information content (AvgIpc) is 3.40. The third-order valence-corrected chi connectivity index (χ3v) is 5.78. The summed E-state index contributed by atoms with van der Waals surface area (Å²) in [6, 6.07) is 15.8. The lowest BCUT2D eigenvalue weighted by atomic mass is 10.1. The number of amides is 2. The van der Waals surface area contributed by atoms with Crippen molar-refractivity contribution in [2.24, 2.45) is 0 Å². The van der Waals surface area contributed by atoms with Gasteiger partial charge in [-0.25, -0.2) is 4.90 Å². The number of hydrogen-bond acceptors (Lipinski definition) is 7. The highest BCUT2D eigenvalue weighted by atomic mass is 32.1. The van der Waals surface area contributed by atoms with Crippen LogP contribution in [-0.2, 0) is 9.59 Å². The van der Waals surface area contributed by atoms with Crippen molar-refractivity contribution in [1.82, 2.24) is 0 Å². The zero-order valence-corrected chi connectivity index (χ0v) is 18.7. The second-order valence-electron chi connectivity index (χ2n) is 6.80. The van der Waals surface area contributed by atoms with Gasteiger partial charge in [-0.05, 0) is 42.6 Å². The molecule has 3 aromatic rings. The fourth-order valence-corrected chi connectivity index (χ4v) is 4.24. The molecular weight excluding hydrogens is 428 g/mol. The summed E-state index contributed by atoms with van der Waals surface area (Å²) >= 11 is 1.40. The van der Waals surface area contributed by atoms with Gasteiger partial charge in [0.05, 0.1) is 32.1 Å². The van der Waals surface area contributed by atoms with Gasteiger partial charge in [-0.15, -0.1) is 11.3 Å². The smallest absolute Gasteiger partial charge is 0.282 e. The number of imide groups is 1. The molecule has 0 bridgehead atoms. The number of nitrogens with zero attached hydrogens (tertiary/aromatic N) is 1. The molecule has 0 aliphatic carbocycles. The summed E-state index contributed by atoms with van der Waals surface area (Å²) in [5.74, 6) is 0.822. The molecule has 0 unspecified atom stereocenters. The van der Waals surface area contributed by atoms with Crippen molar-refractivity contribution in [2.45, 2.75) is 6.92 Å². The Labute approximate surface area is 189 Å². The maximum absolute atomic E-state index is 13.5. The Morgan fingerprint density at radius 3 is 2.44 bits per heavy atom. The van der Waals surface area contributed by atoms with Crippen molar-refractivity contribution in [3.05, 3.63) is 70.6 Å². The number of carbonyl (C=O) groups excluding carboxylic acids is 2. The normalized spacial score (nSPS) is 13.5. The van der Waals surface area contributed by atoms with Crippen LogP contribution in [0.4, 0.5) is 11.4 Å². The van der Waals surface area contributed by atoms with Crippen molar-refractivity contribution >= 4 is 40.1 Å². The van der Waals surface area contributed by atoms with Crippen molar-refractivity contribution < 1.29 is 23.8 Å². The van der Waals surface area contributed by atoms with E-state index >= 15 is 0 Å². The quantitative estimate of drug-likeness (QED) is 0.507. The summed E-state index contributed by atoms with van der Waals surface area (Å²) in [4.78, 5) is 28.8. The molecular formula is C24H22N2O5S. The summed E-state index contributed by atoms with van der Waals surface area (Å²) in [6.07, 6.45) is 0. The van der Waals surface area contributed by atoms with Gasteiger partial charge in [0.1, 0.15) is 11.4 Å². The van der Waals surface area contributed by atoms with Crippen LogP contribution in [-0.4, -0.2) is 32.6 Å². The third-order valence-electron chi connectivity index (χ3n) is 4.89. The van der Waals surface area contributed by atoms with Gasteiger partial charge in [-0.2, -0.15) is 0 Å². The summed E-state index contributed by atoms with van der Waals surface area (Å²) in [5.41, 5.74) is 1.56. The molecule has 2 aromatic carbocycles. The van der Waals surface area contributed by atoms with Gasteiger partial charge in [-0.1, -0.05) is 12.1 Å². The number of thiophene rings is 1. The number of ether oxygens (including phenoxy) is 3. The summed E-state index contributed by atoms with van der Waals surface area (Å²) in [5, 5.41) is 5.00. The summed E-state index contributed by atoms with van der Waals surface area (Å²) in [6.45, 7) is 2.36. The van der Waals surface area contributed by atoms with E-state index in [9.17, 15) is 9.59 Å². The fourth-order valence-electron chi connectivity index (χ4n) is 3.47. The van der Waals surface area contributed by atoms with Crippen LogP contribution in [0.25, 0.3) is 5.57 Å². The van der Waals surface area contributed by atoms with Gasteiger partial charge in [0.2, 0.25) is 0 Å². The molecule has 8 heteroatoms. The maximum Gasteiger partial charge on any atom is 0.282 e. The minimum absolute atomic E-state index is 0.200. The van der Waals surface area contributed by atoms with E-state index in [1.165, 1.54) is 23.3 Å². The Hall–Kier alpha value is -3.78. The van der Waals surface area contributed by atoms with Crippen LogP contribution in [0.2, 0.25) is 0 Å². The predicted octanol–water partition coefficient (Wildman–Crippen LogP) is 4.56. The van der Waals surface area contributed by atoms with E-state index in [-0.39, 0.29) is 5.70 Å². The number of rotatable bonds is 8.